The Hall–Kier alpha value is -2.04. The van der Waals surface area contributed by atoms with Crippen molar-refractivity contribution >= 4 is 23.3 Å². The van der Waals surface area contributed by atoms with Crippen molar-refractivity contribution < 1.29 is 14.3 Å². The largest absolute Gasteiger partial charge is 0.397 e. The van der Waals surface area contributed by atoms with Gasteiger partial charge in [-0.2, -0.15) is 0 Å². The molecule has 0 saturated heterocycles. The van der Waals surface area contributed by atoms with Crippen LogP contribution in [0.15, 0.2) is 18.2 Å². The monoisotopic (exact) mass is 536 g/mol. The number of carbonyl (C=O) groups is 2. The lowest BCUT2D eigenvalue weighted by Crippen LogP contribution is -2.53. The van der Waals surface area contributed by atoms with E-state index in [2.05, 4.69) is 20.8 Å². The van der Waals surface area contributed by atoms with Gasteiger partial charge >= 0.3 is 11.9 Å². The highest BCUT2D eigenvalue weighted by Gasteiger charge is 2.60. The zero-order valence-electron chi connectivity index (χ0n) is 24.8. The van der Waals surface area contributed by atoms with Crippen molar-refractivity contribution in [3.63, 3.8) is 0 Å². The minimum atomic E-state index is -0.721. The molecule has 216 valence electrons. The third-order valence-corrected chi connectivity index (χ3v) is 12.6. The van der Waals surface area contributed by atoms with Crippen LogP contribution in [-0.2, 0) is 9.53 Å². The van der Waals surface area contributed by atoms with Crippen molar-refractivity contribution in [3.8, 4) is 0 Å². The van der Waals surface area contributed by atoms with Crippen LogP contribution in [0.1, 0.15) is 122 Å². The average molecular weight is 537 g/mol. The van der Waals surface area contributed by atoms with E-state index in [1.807, 2.05) is 6.92 Å². The summed E-state index contributed by atoms with van der Waals surface area (Å²) in [6, 6.07) is 4.80. The van der Waals surface area contributed by atoms with Gasteiger partial charge in [0.25, 0.3) is 0 Å². The Bertz CT molecular complexity index is 1070. The normalized spacial score (nSPS) is 37.2. The van der Waals surface area contributed by atoms with E-state index in [0.717, 1.165) is 48.9 Å². The minimum Gasteiger partial charge on any atom is -0.397 e. The molecular weight excluding hydrogens is 484 g/mol. The fourth-order valence-electron chi connectivity index (χ4n) is 10.3. The van der Waals surface area contributed by atoms with Crippen LogP contribution in [0.5, 0.6) is 0 Å². The maximum atomic E-state index is 12.6. The summed E-state index contributed by atoms with van der Waals surface area (Å²) >= 11 is 0. The molecule has 4 aliphatic rings. The Morgan fingerprint density at radius 3 is 2.49 bits per heavy atom. The standard InChI is InChI=1S/C34H52N2O3/c1-21(9-7-10-22(2)31(37)39-32(38)25-12-8-13-29(35)30(25)36)26-16-17-27-24-15-14-23-11-5-6-19-33(23,3)28(24)18-20-34(26,27)4/h8,12-13,21-24,26-28H,5-7,9-11,14-20,35-36H2,1-4H3/t21-,22?,23?,24+,26-,27+,28+,33+,34-/m1/s1. The molecule has 1 aromatic rings. The highest BCUT2D eigenvalue weighted by molar-refractivity contribution is 6.02. The Labute approximate surface area is 236 Å². The molecular formula is C34H52N2O3. The number of anilines is 2. The molecule has 5 nitrogen and oxygen atoms in total. The van der Waals surface area contributed by atoms with Crippen LogP contribution in [0.2, 0.25) is 0 Å². The molecule has 0 radical (unpaired) electrons. The maximum absolute atomic E-state index is 12.6. The number of rotatable bonds is 7. The van der Waals surface area contributed by atoms with Gasteiger partial charge in [-0.15, -0.1) is 0 Å². The molecule has 0 aromatic heterocycles. The predicted octanol–water partition coefficient (Wildman–Crippen LogP) is 8.03. The van der Waals surface area contributed by atoms with Crippen molar-refractivity contribution in [1.82, 2.24) is 0 Å². The van der Waals surface area contributed by atoms with Gasteiger partial charge in [0.15, 0.2) is 0 Å². The van der Waals surface area contributed by atoms with E-state index >= 15 is 0 Å². The number of nitrogen functional groups attached to an aromatic ring is 2. The fourth-order valence-corrected chi connectivity index (χ4v) is 10.3. The molecule has 5 rings (SSSR count). The summed E-state index contributed by atoms with van der Waals surface area (Å²) in [5, 5.41) is 0. The third-order valence-electron chi connectivity index (χ3n) is 12.6. The molecule has 5 heteroatoms. The molecule has 39 heavy (non-hydrogen) atoms. The number of carbonyl (C=O) groups excluding carboxylic acids is 2. The van der Waals surface area contributed by atoms with E-state index in [1.54, 1.807) is 12.1 Å². The summed E-state index contributed by atoms with van der Waals surface area (Å²) in [5.41, 5.74) is 13.4. The van der Waals surface area contributed by atoms with Crippen LogP contribution < -0.4 is 11.5 Å². The second kappa shape index (κ2) is 11.1. The number of hydrogen-bond donors (Lipinski definition) is 2. The Morgan fingerprint density at radius 1 is 0.923 bits per heavy atom. The van der Waals surface area contributed by atoms with Crippen LogP contribution in [0.3, 0.4) is 0 Å². The number of hydrogen-bond acceptors (Lipinski definition) is 5. The van der Waals surface area contributed by atoms with Gasteiger partial charge in [-0.1, -0.05) is 59.4 Å². The van der Waals surface area contributed by atoms with Crippen LogP contribution in [0, 0.1) is 52.3 Å². The summed E-state index contributed by atoms with van der Waals surface area (Å²) in [5.74, 6) is 3.72. The van der Waals surface area contributed by atoms with Gasteiger partial charge < -0.3 is 16.2 Å². The second-order valence-corrected chi connectivity index (χ2v) is 14.5. The highest BCUT2D eigenvalue weighted by atomic mass is 16.6. The van der Waals surface area contributed by atoms with Gasteiger partial charge in [-0.3, -0.25) is 4.79 Å². The van der Waals surface area contributed by atoms with Gasteiger partial charge in [0, 0.05) is 0 Å². The molecule has 4 N–H and O–H groups in total. The first-order chi connectivity index (χ1) is 18.6. The van der Waals surface area contributed by atoms with Crippen LogP contribution in [-0.4, -0.2) is 11.9 Å². The lowest BCUT2D eigenvalue weighted by molar-refractivity contribution is -0.142. The van der Waals surface area contributed by atoms with Gasteiger partial charge in [0.05, 0.1) is 22.9 Å². The molecule has 0 heterocycles. The number of benzene rings is 1. The van der Waals surface area contributed by atoms with Gasteiger partial charge in [0.1, 0.15) is 0 Å². The summed E-state index contributed by atoms with van der Waals surface area (Å²) < 4.78 is 5.16. The topological polar surface area (TPSA) is 95.4 Å². The molecule has 1 aromatic carbocycles. The van der Waals surface area contributed by atoms with E-state index in [4.69, 9.17) is 16.2 Å². The van der Waals surface area contributed by atoms with E-state index in [-0.39, 0.29) is 17.2 Å². The molecule has 4 fully saturated rings. The van der Waals surface area contributed by atoms with Crippen LogP contribution >= 0.6 is 0 Å². The van der Waals surface area contributed by atoms with Crippen molar-refractivity contribution in [2.75, 3.05) is 11.5 Å². The SMILES string of the molecule is CC(CCC[C@@H](C)[C@H]1CC[C@H]2[C@@H]3CCC4CCCC[C@]4(C)[C@H]3CC[C@]12C)C(=O)OC(=O)c1cccc(N)c1N. The second-order valence-electron chi connectivity index (χ2n) is 14.5. The van der Waals surface area contributed by atoms with Crippen molar-refractivity contribution in [3.05, 3.63) is 23.8 Å². The number of ether oxygens (including phenoxy) is 1. The summed E-state index contributed by atoms with van der Waals surface area (Å²) in [4.78, 5) is 25.1. The van der Waals surface area contributed by atoms with Gasteiger partial charge in [-0.25, -0.2) is 4.79 Å². The minimum absolute atomic E-state index is 0.147. The van der Waals surface area contributed by atoms with Crippen molar-refractivity contribution in [2.45, 2.75) is 111 Å². The molecule has 0 spiro atoms. The molecule has 0 bridgehead atoms. The zero-order chi connectivity index (χ0) is 27.9. The smallest absolute Gasteiger partial charge is 0.347 e. The van der Waals surface area contributed by atoms with Gasteiger partial charge in [0.2, 0.25) is 0 Å². The Morgan fingerprint density at radius 2 is 1.69 bits per heavy atom. The fraction of sp³-hybridized carbons (Fsp3) is 0.765. The molecule has 0 aliphatic heterocycles. The first kappa shape index (κ1) is 28.5. The molecule has 4 saturated carbocycles. The van der Waals surface area contributed by atoms with E-state index in [9.17, 15) is 9.59 Å². The number of esters is 2. The zero-order valence-corrected chi connectivity index (χ0v) is 24.8. The highest BCUT2D eigenvalue weighted by Crippen LogP contribution is 2.68. The van der Waals surface area contributed by atoms with Gasteiger partial charge in [-0.05, 0) is 116 Å². The Kier molecular flexibility index (Phi) is 8.10. The first-order valence-electron chi connectivity index (χ1n) is 16.0. The van der Waals surface area contributed by atoms with E-state index in [0.29, 0.717) is 22.4 Å². The quantitative estimate of drug-likeness (QED) is 0.209. The van der Waals surface area contributed by atoms with Crippen LogP contribution in [0.4, 0.5) is 11.4 Å². The summed E-state index contributed by atoms with van der Waals surface area (Å²) in [7, 11) is 0. The van der Waals surface area contributed by atoms with Crippen LogP contribution in [0.25, 0.3) is 0 Å². The van der Waals surface area contributed by atoms with E-state index in [1.165, 1.54) is 70.3 Å². The predicted molar refractivity (Wildman–Crippen MR) is 158 cm³/mol. The lowest BCUT2D eigenvalue weighted by Gasteiger charge is -2.61. The van der Waals surface area contributed by atoms with Crippen molar-refractivity contribution in [1.29, 1.82) is 0 Å². The average Bonchev–Trinajstić information content (AvgIpc) is 3.27. The van der Waals surface area contributed by atoms with E-state index < -0.39 is 11.9 Å². The lowest BCUT2D eigenvalue weighted by atomic mass is 9.44. The maximum Gasteiger partial charge on any atom is 0.347 e. The summed E-state index contributed by atoms with van der Waals surface area (Å²) in [6.07, 6.45) is 17.3. The molecule has 9 atom stereocenters. The summed E-state index contributed by atoms with van der Waals surface area (Å²) in [6.45, 7) is 9.64. The number of fused-ring (bicyclic) bond motifs is 5. The third kappa shape index (κ3) is 5.12. The number of para-hydroxylation sites is 1. The number of nitrogens with two attached hydrogens (primary N) is 2. The van der Waals surface area contributed by atoms with Crippen molar-refractivity contribution in [2.24, 2.45) is 52.3 Å². The Balaban J connectivity index is 1.13. The molecule has 4 aliphatic carbocycles. The first-order valence-corrected chi connectivity index (χ1v) is 16.0. The molecule has 0 amide bonds. The molecule has 2 unspecified atom stereocenters.